The first-order chi connectivity index (χ1) is 24.3. The Morgan fingerprint density at radius 1 is 0.827 bits per heavy atom. The van der Waals surface area contributed by atoms with Gasteiger partial charge in [-0.2, -0.15) is 0 Å². The van der Waals surface area contributed by atoms with Gasteiger partial charge in [0, 0.05) is 46.0 Å². The lowest BCUT2D eigenvalue weighted by atomic mass is 9.51. The van der Waals surface area contributed by atoms with E-state index in [4.69, 9.17) is 28.4 Å². The summed E-state index contributed by atoms with van der Waals surface area (Å²) >= 11 is 0. The molecular formula is C38H56O14. The zero-order chi connectivity index (χ0) is 39.0. The minimum absolute atomic E-state index is 0.0461. The summed E-state index contributed by atoms with van der Waals surface area (Å²) < 4.78 is 34.7. The predicted octanol–water partition coefficient (Wildman–Crippen LogP) is 3.96. The highest BCUT2D eigenvalue weighted by atomic mass is 16.6. The SMILES string of the molecule is CCCCCCCC(=O)O[C@@H]1C[C@H](OC(C)=O)[C@]2(C)[C@H](OC(C)=O)/C=C\C(COC(=O)CCC)=C/[C@@H]3OC(=O)[C@H](C)[C@@]3(O)[C@H](OC(C)=O)[C@H]2[C@]1(C)O. The number of esters is 6. The lowest BCUT2D eigenvalue weighted by Crippen LogP contribution is -2.74. The Labute approximate surface area is 305 Å². The van der Waals surface area contributed by atoms with Gasteiger partial charge in [0.15, 0.2) is 11.7 Å². The van der Waals surface area contributed by atoms with Crippen molar-refractivity contribution in [2.24, 2.45) is 17.3 Å². The topological polar surface area (TPSA) is 198 Å². The molecule has 0 aromatic heterocycles. The second kappa shape index (κ2) is 17.8. The second-order valence-electron chi connectivity index (χ2n) is 14.6. The molecule has 0 radical (unpaired) electrons. The fraction of sp³-hybridized carbons (Fsp3) is 0.737. The number of aliphatic hydroxyl groups is 2. The highest BCUT2D eigenvalue weighted by Crippen LogP contribution is 2.58. The van der Waals surface area contributed by atoms with Gasteiger partial charge in [-0.1, -0.05) is 52.5 Å². The van der Waals surface area contributed by atoms with Gasteiger partial charge in [0.2, 0.25) is 0 Å². The minimum Gasteiger partial charge on any atom is -0.462 e. The normalized spacial score (nSPS) is 35.7. The molecule has 14 heteroatoms. The molecule has 1 aliphatic heterocycles. The molecule has 3 rings (SSSR count). The Morgan fingerprint density at radius 3 is 2.06 bits per heavy atom. The first kappa shape index (κ1) is 42.6. The molecule has 0 aromatic carbocycles. The maximum absolute atomic E-state index is 13.3. The Bertz CT molecular complexity index is 1400. The van der Waals surface area contributed by atoms with Gasteiger partial charge in [-0.15, -0.1) is 0 Å². The molecule has 1 saturated carbocycles. The van der Waals surface area contributed by atoms with Crippen LogP contribution in [0.3, 0.4) is 0 Å². The molecule has 3 aliphatic rings. The van der Waals surface area contributed by atoms with Gasteiger partial charge in [-0.25, -0.2) is 0 Å². The van der Waals surface area contributed by atoms with Crippen LogP contribution in [0.4, 0.5) is 0 Å². The molecule has 2 aliphatic carbocycles. The minimum atomic E-state index is -2.42. The van der Waals surface area contributed by atoms with E-state index < -0.39 is 94.8 Å². The molecule has 0 bridgehead atoms. The van der Waals surface area contributed by atoms with Crippen molar-refractivity contribution in [2.45, 2.75) is 155 Å². The van der Waals surface area contributed by atoms with Crippen molar-refractivity contribution in [1.82, 2.24) is 0 Å². The fourth-order valence-corrected chi connectivity index (χ4v) is 7.83. The first-order valence-electron chi connectivity index (χ1n) is 18.2. The van der Waals surface area contributed by atoms with Gasteiger partial charge in [-0.3, -0.25) is 28.8 Å². The average Bonchev–Trinajstić information content (AvgIpc) is 3.26. The van der Waals surface area contributed by atoms with E-state index in [1.165, 1.54) is 39.0 Å². The third-order valence-electron chi connectivity index (χ3n) is 10.5. The average molecular weight is 737 g/mol. The maximum atomic E-state index is 13.3. The standard InChI is InChI=1S/C38H56O14/c1-9-11-12-13-14-16-32(43)51-29-20-28(49-24(5)40)36(7)27(48-23(4)39)18-17-26(21-47-31(42)15-10-2)19-30-38(46,22(3)35(44)52-30)34(50-25(6)41)33(36)37(29,8)45/h17-19,22,27-30,33-34,45-46H,9-16,20-21H2,1-8H3/b18-17-,26-19+/t22-,27+,28-,29+,30-,33+,34+,36-,37+,38-/m0/s1. The quantitative estimate of drug-likeness (QED) is 0.148. The molecule has 0 amide bonds. The van der Waals surface area contributed by atoms with Crippen LogP contribution in [-0.4, -0.2) is 94.4 Å². The monoisotopic (exact) mass is 736 g/mol. The van der Waals surface area contributed by atoms with Gasteiger partial charge < -0.3 is 38.6 Å². The number of ether oxygens (including phenoxy) is 6. The number of carbonyl (C=O) groups is 6. The van der Waals surface area contributed by atoms with Crippen LogP contribution in [0, 0.1) is 17.3 Å². The molecule has 0 aromatic rings. The number of fused-ring (bicyclic) bond motifs is 2. The molecule has 2 fully saturated rings. The summed E-state index contributed by atoms with van der Waals surface area (Å²) in [5.41, 5.74) is -6.14. The van der Waals surface area contributed by atoms with Crippen LogP contribution in [0.5, 0.6) is 0 Å². The predicted molar refractivity (Wildman–Crippen MR) is 184 cm³/mol. The number of hydrogen-bond acceptors (Lipinski definition) is 14. The van der Waals surface area contributed by atoms with Crippen LogP contribution < -0.4 is 0 Å². The molecule has 0 unspecified atom stereocenters. The lowest BCUT2D eigenvalue weighted by Gasteiger charge is -2.60. The van der Waals surface area contributed by atoms with Gasteiger partial charge >= 0.3 is 35.8 Å². The van der Waals surface area contributed by atoms with Crippen LogP contribution in [0.15, 0.2) is 23.8 Å². The lowest BCUT2D eigenvalue weighted by molar-refractivity contribution is -0.286. The largest absolute Gasteiger partial charge is 0.462 e. The Morgan fingerprint density at radius 2 is 1.46 bits per heavy atom. The summed E-state index contributed by atoms with van der Waals surface area (Å²) in [5.74, 6) is -7.38. The van der Waals surface area contributed by atoms with Crippen molar-refractivity contribution in [2.75, 3.05) is 6.61 Å². The third kappa shape index (κ3) is 9.41. The number of unbranched alkanes of at least 4 members (excludes halogenated alkanes) is 4. The Kier molecular flexibility index (Phi) is 14.6. The molecule has 52 heavy (non-hydrogen) atoms. The van der Waals surface area contributed by atoms with E-state index in [2.05, 4.69) is 6.92 Å². The zero-order valence-corrected chi connectivity index (χ0v) is 31.6. The highest BCUT2D eigenvalue weighted by molar-refractivity contribution is 5.78. The van der Waals surface area contributed by atoms with E-state index in [0.717, 1.165) is 46.5 Å². The van der Waals surface area contributed by atoms with Crippen molar-refractivity contribution < 1.29 is 67.4 Å². The summed E-state index contributed by atoms with van der Waals surface area (Å²) in [6.07, 6.45) is 1.56. The van der Waals surface area contributed by atoms with E-state index in [-0.39, 0.29) is 31.4 Å². The Hall–Kier alpha value is -3.78. The molecule has 1 saturated heterocycles. The van der Waals surface area contributed by atoms with Gasteiger partial charge in [0.1, 0.15) is 36.6 Å². The molecule has 1 heterocycles. The Balaban J connectivity index is 2.33. The van der Waals surface area contributed by atoms with Crippen LogP contribution in [-0.2, 0) is 57.2 Å². The summed E-state index contributed by atoms with van der Waals surface area (Å²) in [6.45, 7) is 11.2. The first-order valence-corrected chi connectivity index (χ1v) is 18.2. The van der Waals surface area contributed by atoms with Crippen molar-refractivity contribution in [1.29, 1.82) is 0 Å². The zero-order valence-electron chi connectivity index (χ0n) is 31.6. The van der Waals surface area contributed by atoms with Crippen LogP contribution >= 0.6 is 0 Å². The van der Waals surface area contributed by atoms with Gasteiger partial charge in [0.25, 0.3) is 0 Å². The number of carbonyl (C=O) groups excluding carboxylic acids is 6. The van der Waals surface area contributed by atoms with Crippen molar-refractivity contribution in [3.05, 3.63) is 23.8 Å². The fourth-order valence-electron chi connectivity index (χ4n) is 7.83. The van der Waals surface area contributed by atoms with E-state index in [9.17, 15) is 39.0 Å². The van der Waals surface area contributed by atoms with E-state index in [0.29, 0.717) is 12.8 Å². The van der Waals surface area contributed by atoms with Gasteiger partial charge in [-0.05, 0) is 44.4 Å². The molecule has 10 atom stereocenters. The van der Waals surface area contributed by atoms with Crippen LogP contribution in [0.2, 0.25) is 0 Å². The second-order valence-corrected chi connectivity index (χ2v) is 14.6. The summed E-state index contributed by atoms with van der Waals surface area (Å²) in [5, 5.41) is 25.5. The van der Waals surface area contributed by atoms with Crippen molar-refractivity contribution in [3.8, 4) is 0 Å². The number of hydrogen-bond donors (Lipinski definition) is 2. The highest BCUT2D eigenvalue weighted by Gasteiger charge is 2.72. The third-order valence-corrected chi connectivity index (χ3v) is 10.5. The van der Waals surface area contributed by atoms with E-state index >= 15 is 0 Å². The molecule has 14 nitrogen and oxygen atoms in total. The molecule has 292 valence electrons. The van der Waals surface area contributed by atoms with E-state index in [1.54, 1.807) is 6.92 Å². The summed E-state index contributed by atoms with van der Waals surface area (Å²) in [4.78, 5) is 77.3. The van der Waals surface area contributed by atoms with E-state index in [1.807, 2.05) is 0 Å². The number of rotatable bonds is 14. The van der Waals surface area contributed by atoms with Crippen molar-refractivity contribution in [3.63, 3.8) is 0 Å². The van der Waals surface area contributed by atoms with Crippen LogP contribution in [0.25, 0.3) is 0 Å². The van der Waals surface area contributed by atoms with Crippen molar-refractivity contribution >= 4 is 35.8 Å². The van der Waals surface area contributed by atoms with Gasteiger partial charge in [0.05, 0.1) is 11.3 Å². The summed E-state index contributed by atoms with van der Waals surface area (Å²) in [6, 6.07) is 0. The summed E-state index contributed by atoms with van der Waals surface area (Å²) in [7, 11) is 0. The smallest absolute Gasteiger partial charge is 0.312 e. The molecule has 0 spiro atoms. The molecule has 2 N–H and O–H groups in total. The molecular weight excluding hydrogens is 680 g/mol. The van der Waals surface area contributed by atoms with Crippen LogP contribution in [0.1, 0.15) is 113 Å². The maximum Gasteiger partial charge on any atom is 0.312 e.